The molecule has 1 heterocycles. The fraction of sp³-hybridized carbons (Fsp3) is 0.409. The van der Waals surface area contributed by atoms with Gasteiger partial charge in [-0.2, -0.15) is 0 Å². The van der Waals surface area contributed by atoms with Gasteiger partial charge in [0.15, 0.2) is 0 Å². The molecule has 2 aromatic carbocycles. The fourth-order valence-corrected chi connectivity index (χ4v) is 3.46. The first kappa shape index (κ1) is 22.1. The van der Waals surface area contributed by atoms with Gasteiger partial charge >= 0.3 is 0 Å². The van der Waals surface area contributed by atoms with E-state index in [1.54, 1.807) is 7.11 Å². The second-order valence-electron chi connectivity index (χ2n) is 6.84. The van der Waals surface area contributed by atoms with Crippen LogP contribution >= 0.6 is 12.4 Å². The van der Waals surface area contributed by atoms with Crippen LogP contribution in [0.15, 0.2) is 54.6 Å². The van der Waals surface area contributed by atoms with Crippen molar-refractivity contribution >= 4 is 18.3 Å². The number of amides is 1. The third-order valence-electron chi connectivity index (χ3n) is 5.01. The highest BCUT2D eigenvalue weighted by molar-refractivity contribution is 5.85. The number of hydrogen-bond acceptors (Lipinski definition) is 4. The molecule has 152 valence electrons. The molecule has 0 saturated carbocycles. The quantitative estimate of drug-likeness (QED) is 0.764. The third kappa shape index (κ3) is 5.40. The van der Waals surface area contributed by atoms with Crippen molar-refractivity contribution in [2.24, 2.45) is 5.92 Å². The Morgan fingerprint density at radius 1 is 1.18 bits per heavy atom. The zero-order valence-corrected chi connectivity index (χ0v) is 17.3. The number of rotatable bonds is 7. The Hall–Kier alpha value is -2.24. The number of para-hydroxylation sites is 2. The van der Waals surface area contributed by atoms with E-state index >= 15 is 0 Å². The topological polar surface area (TPSA) is 50.8 Å². The van der Waals surface area contributed by atoms with Crippen LogP contribution < -0.4 is 14.8 Å². The van der Waals surface area contributed by atoms with Crippen LogP contribution in [-0.2, 0) is 4.79 Å². The lowest BCUT2D eigenvalue weighted by Gasteiger charge is -2.38. The summed E-state index contributed by atoms with van der Waals surface area (Å²) in [6.07, 6.45) is 0.691. The molecule has 1 aliphatic heterocycles. The molecule has 1 saturated heterocycles. The van der Waals surface area contributed by atoms with Crippen molar-refractivity contribution in [2.75, 3.05) is 33.4 Å². The largest absolute Gasteiger partial charge is 0.496 e. The first-order chi connectivity index (χ1) is 13.2. The SMILES string of the molecule is COc1ccccc1C1CNCCN1C(=O)C(C)CCOc1ccccc1.Cl. The fourth-order valence-electron chi connectivity index (χ4n) is 3.46. The second-order valence-corrected chi connectivity index (χ2v) is 6.84. The van der Waals surface area contributed by atoms with Gasteiger partial charge in [-0.3, -0.25) is 4.79 Å². The average Bonchev–Trinajstić information content (AvgIpc) is 2.74. The van der Waals surface area contributed by atoms with Crippen LogP contribution in [0.5, 0.6) is 11.5 Å². The molecule has 6 heteroatoms. The minimum absolute atomic E-state index is 0. The molecule has 0 aliphatic carbocycles. The molecule has 2 unspecified atom stereocenters. The smallest absolute Gasteiger partial charge is 0.226 e. The Labute approximate surface area is 173 Å². The maximum absolute atomic E-state index is 13.1. The van der Waals surface area contributed by atoms with E-state index in [1.807, 2.05) is 66.4 Å². The van der Waals surface area contributed by atoms with E-state index in [9.17, 15) is 4.79 Å². The highest BCUT2D eigenvalue weighted by atomic mass is 35.5. The van der Waals surface area contributed by atoms with Crippen LogP contribution in [0.3, 0.4) is 0 Å². The summed E-state index contributed by atoms with van der Waals surface area (Å²) in [5, 5.41) is 3.40. The number of nitrogens with one attached hydrogen (secondary N) is 1. The van der Waals surface area contributed by atoms with Crippen molar-refractivity contribution in [1.82, 2.24) is 10.2 Å². The lowest BCUT2D eigenvalue weighted by Crippen LogP contribution is -2.50. The maximum Gasteiger partial charge on any atom is 0.226 e. The Kier molecular flexibility index (Phi) is 8.61. The monoisotopic (exact) mass is 404 g/mol. The molecule has 0 spiro atoms. The first-order valence-electron chi connectivity index (χ1n) is 9.52. The van der Waals surface area contributed by atoms with Gasteiger partial charge in [0.25, 0.3) is 0 Å². The van der Waals surface area contributed by atoms with Crippen molar-refractivity contribution < 1.29 is 14.3 Å². The molecule has 3 rings (SSSR count). The number of carbonyl (C=O) groups is 1. The third-order valence-corrected chi connectivity index (χ3v) is 5.01. The van der Waals surface area contributed by atoms with E-state index in [0.29, 0.717) is 19.6 Å². The molecule has 2 aromatic rings. The minimum atomic E-state index is -0.0935. The van der Waals surface area contributed by atoms with Gasteiger partial charge in [-0.05, 0) is 24.6 Å². The normalized spacial score (nSPS) is 17.4. The van der Waals surface area contributed by atoms with Gasteiger partial charge in [0.2, 0.25) is 5.91 Å². The molecular weight excluding hydrogens is 376 g/mol. The number of nitrogens with zero attached hydrogens (tertiary/aromatic N) is 1. The number of carbonyl (C=O) groups excluding carboxylic acids is 1. The van der Waals surface area contributed by atoms with Gasteiger partial charge in [-0.15, -0.1) is 12.4 Å². The molecule has 1 N–H and O–H groups in total. The second kappa shape index (κ2) is 10.9. The summed E-state index contributed by atoms with van der Waals surface area (Å²) in [7, 11) is 1.67. The lowest BCUT2D eigenvalue weighted by molar-refractivity contribution is -0.138. The Balaban J connectivity index is 0.00000280. The van der Waals surface area contributed by atoms with Crippen LogP contribution in [0.1, 0.15) is 24.9 Å². The van der Waals surface area contributed by atoms with E-state index in [2.05, 4.69) is 5.32 Å². The van der Waals surface area contributed by atoms with E-state index in [1.165, 1.54) is 0 Å². The predicted octanol–water partition coefficient (Wildman–Crippen LogP) is 3.70. The summed E-state index contributed by atoms with van der Waals surface area (Å²) in [5.74, 6) is 1.74. The van der Waals surface area contributed by atoms with Crippen molar-refractivity contribution in [3.8, 4) is 11.5 Å². The van der Waals surface area contributed by atoms with Crippen molar-refractivity contribution in [2.45, 2.75) is 19.4 Å². The van der Waals surface area contributed by atoms with Gasteiger partial charge in [-0.25, -0.2) is 0 Å². The van der Waals surface area contributed by atoms with Gasteiger partial charge < -0.3 is 19.7 Å². The number of methoxy groups -OCH3 is 1. The van der Waals surface area contributed by atoms with Crippen LogP contribution in [0.2, 0.25) is 0 Å². The molecule has 0 aromatic heterocycles. The Morgan fingerprint density at radius 3 is 2.64 bits per heavy atom. The Bertz CT molecular complexity index is 742. The number of piperazine rings is 1. The van der Waals surface area contributed by atoms with Crippen molar-refractivity contribution in [3.63, 3.8) is 0 Å². The molecule has 1 aliphatic rings. The summed E-state index contributed by atoms with van der Waals surface area (Å²) in [5.41, 5.74) is 1.05. The van der Waals surface area contributed by atoms with Crippen LogP contribution in [0, 0.1) is 5.92 Å². The van der Waals surface area contributed by atoms with Crippen LogP contribution in [-0.4, -0.2) is 44.2 Å². The molecule has 2 atom stereocenters. The standard InChI is InChI=1S/C22H28N2O3.ClH/c1-17(12-15-27-18-8-4-3-5-9-18)22(25)24-14-13-23-16-20(24)19-10-6-7-11-21(19)26-2;/h3-11,17,20,23H,12-16H2,1-2H3;1H. The summed E-state index contributed by atoms with van der Waals surface area (Å²) < 4.78 is 11.3. The molecule has 1 amide bonds. The average molecular weight is 405 g/mol. The number of halogens is 1. The minimum Gasteiger partial charge on any atom is -0.496 e. The van der Waals surface area contributed by atoms with Gasteiger partial charge in [0.1, 0.15) is 11.5 Å². The summed E-state index contributed by atoms with van der Waals surface area (Å²) in [6.45, 7) is 4.76. The highest BCUT2D eigenvalue weighted by Crippen LogP contribution is 2.31. The summed E-state index contributed by atoms with van der Waals surface area (Å²) in [6, 6.07) is 17.6. The van der Waals surface area contributed by atoms with Gasteiger partial charge in [0, 0.05) is 31.1 Å². The van der Waals surface area contributed by atoms with Gasteiger partial charge in [0.05, 0.1) is 19.8 Å². The maximum atomic E-state index is 13.1. The lowest BCUT2D eigenvalue weighted by atomic mass is 9.99. The Morgan fingerprint density at radius 2 is 1.89 bits per heavy atom. The van der Waals surface area contributed by atoms with Crippen LogP contribution in [0.25, 0.3) is 0 Å². The zero-order chi connectivity index (χ0) is 19.1. The number of benzene rings is 2. The molecule has 28 heavy (non-hydrogen) atoms. The highest BCUT2D eigenvalue weighted by Gasteiger charge is 2.32. The van der Waals surface area contributed by atoms with E-state index in [0.717, 1.165) is 30.2 Å². The molecule has 5 nitrogen and oxygen atoms in total. The summed E-state index contributed by atoms with van der Waals surface area (Å²) in [4.78, 5) is 15.1. The predicted molar refractivity (Wildman–Crippen MR) is 113 cm³/mol. The van der Waals surface area contributed by atoms with Crippen molar-refractivity contribution in [1.29, 1.82) is 0 Å². The van der Waals surface area contributed by atoms with E-state index in [4.69, 9.17) is 9.47 Å². The summed E-state index contributed by atoms with van der Waals surface area (Å²) >= 11 is 0. The molecular formula is C22H29ClN2O3. The number of ether oxygens (including phenoxy) is 2. The van der Waals surface area contributed by atoms with E-state index in [-0.39, 0.29) is 30.3 Å². The number of hydrogen-bond donors (Lipinski definition) is 1. The van der Waals surface area contributed by atoms with Gasteiger partial charge in [-0.1, -0.05) is 43.3 Å². The zero-order valence-electron chi connectivity index (χ0n) is 16.5. The molecule has 1 fully saturated rings. The van der Waals surface area contributed by atoms with Crippen molar-refractivity contribution in [3.05, 3.63) is 60.2 Å². The first-order valence-corrected chi connectivity index (χ1v) is 9.52. The van der Waals surface area contributed by atoms with E-state index < -0.39 is 0 Å². The van der Waals surface area contributed by atoms with Crippen LogP contribution in [0.4, 0.5) is 0 Å². The molecule has 0 bridgehead atoms. The molecule has 0 radical (unpaired) electrons.